The van der Waals surface area contributed by atoms with E-state index in [9.17, 15) is 44.4 Å². The number of carboxylic acids is 1. The Balaban J connectivity index is 1.00. The number of hydrogen-bond donors (Lipinski definition) is 6. The van der Waals surface area contributed by atoms with Gasteiger partial charge in [-0.05, 0) is 48.6 Å². The van der Waals surface area contributed by atoms with Crippen LogP contribution in [0.3, 0.4) is 0 Å². The van der Waals surface area contributed by atoms with Gasteiger partial charge in [0.05, 0.1) is 139 Å². The molecule has 0 unspecified atom stereocenters. The first-order valence-electron chi connectivity index (χ1n) is 26.8. The molecule has 0 saturated carbocycles. The summed E-state index contributed by atoms with van der Waals surface area (Å²) < 4.78 is 81.6. The molecule has 1 fully saturated rings. The zero-order valence-corrected chi connectivity index (χ0v) is 46.7. The van der Waals surface area contributed by atoms with Crippen molar-refractivity contribution in [3.8, 4) is 11.5 Å². The number of carbonyl (C=O) groups excluding carboxylic acids is 4. The molecular weight excluding hydrogens is 1090 g/mol. The highest BCUT2D eigenvalue weighted by Crippen LogP contribution is 2.29. The Labute approximate surface area is 476 Å². The molecule has 5 N–H and O–H groups in total. The average Bonchev–Trinajstić information content (AvgIpc) is 3.96. The van der Waals surface area contributed by atoms with E-state index in [2.05, 4.69) is 17.9 Å². The second-order valence-corrected chi connectivity index (χ2v) is 18.2. The van der Waals surface area contributed by atoms with Gasteiger partial charge in [-0.25, -0.2) is 9.59 Å². The lowest BCUT2D eigenvalue weighted by molar-refractivity contribution is -0.271. The van der Waals surface area contributed by atoms with Crippen LogP contribution in [0.2, 0.25) is 0 Å². The molecule has 4 rings (SSSR count). The molecule has 27 heteroatoms. The minimum atomic E-state index is -1.92. The molecule has 0 aliphatic carbocycles. The number of methoxy groups -OCH3 is 1. The first-order valence-corrected chi connectivity index (χ1v) is 27.2. The van der Waals surface area contributed by atoms with Crippen molar-refractivity contribution in [2.45, 2.75) is 69.0 Å². The smallest absolute Gasteiger partial charge is 0.364 e. The first-order chi connectivity index (χ1) is 39.4. The molecule has 2 aliphatic heterocycles. The Morgan fingerprint density at radius 3 is 1.52 bits per heavy atom. The number of aryl methyl sites for hydroxylation is 1. The van der Waals surface area contributed by atoms with Crippen LogP contribution < -0.4 is 14.8 Å². The number of carbonyl (C=O) groups is 5. The molecule has 81 heavy (non-hydrogen) atoms. The van der Waals surface area contributed by atoms with Gasteiger partial charge in [0.15, 0.2) is 6.10 Å². The van der Waals surface area contributed by atoms with E-state index in [1.165, 1.54) is 0 Å². The van der Waals surface area contributed by atoms with Gasteiger partial charge in [0.25, 0.3) is 11.8 Å². The number of aliphatic hydroxyl groups excluding tert-OH is 3. The number of nitrogens with zero attached hydrogens (tertiary/aromatic N) is 1. The number of benzene rings is 2. The molecule has 0 spiro atoms. The monoisotopic (exact) mass is 1170 g/mol. The lowest BCUT2D eigenvalue weighted by Gasteiger charge is -2.38. The van der Waals surface area contributed by atoms with Gasteiger partial charge >= 0.3 is 11.3 Å². The van der Waals surface area contributed by atoms with Gasteiger partial charge in [-0.1, -0.05) is 36.9 Å². The number of imide groups is 1. The molecule has 0 radical (unpaired) electrons. The van der Waals surface area contributed by atoms with E-state index in [-0.39, 0.29) is 31.9 Å². The first kappa shape index (κ1) is 68.6. The molecule has 6 atom stereocenters. The van der Waals surface area contributed by atoms with E-state index in [1.807, 2.05) is 0 Å². The van der Waals surface area contributed by atoms with Crippen LogP contribution in [0, 0.1) is 0 Å². The highest BCUT2D eigenvalue weighted by molar-refractivity contribution is 7.96. The van der Waals surface area contributed by atoms with Crippen LogP contribution in [0.1, 0.15) is 29.5 Å². The fourth-order valence-corrected chi connectivity index (χ4v) is 7.65. The number of nitrogens with one attached hydrogen (secondary N) is 1. The maximum atomic E-state index is 13.6. The zero-order valence-electron chi connectivity index (χ0n) is 45.8. The lowest BCUT2D eigenvalue weighted by Crippen LogP contribution is -2.61. The van der Waals surface area contributed by atoms with E-state index in [0.29, 0.717) is 180 Å². The fourth-order valence-electron chi connectivity index (χ4n) is 7.59. The van der Waals surface area contributed by atoms with E-state index < -0.39 is 65.7 Å². The second kappa shape index (κ2) is 42.0. The maximum absolute atomic E-state index is 13.6. The van der Waals surface area contributed by atoms with Crippen molar-refractivity contribution in [2.75, 3.05) is 159 Å². The molecule has 2 aliphatic rings. The van der Waals surface area contributed by atoms with E-state index in [4.69, 9.17) is 71.1 Å². The fraction of sp³-hybridized carbons (Fsp3) is 0.648. The minimum Gasteiger partial charge on any atom is -0.491 e. The Morgan fingerprint density at radius 2 is 1.06 bits per heavy atom. The van der Waals surface area contributed by atoms with Gasteiger partial charge < -0.3 is 96.8 Å². The van der Waals surface area contributed by atoms with Crippen LogP contribution in [-0.4, -0.2) is 250 Å². The summed E-state index contributed by atoms with van der Waals surface area (Å²) in [5.74, 6) is -2.73. The van der Waals surface area contributed by atoms with Crippen LogP contribution >= 0.6 is 12.6 Å². The van der Waals surface area contributed by atoms with Gasteiger partial charge in [0.2, 0.25) is 12.2 Å². The van der Waals surface area contributed by atoms with Crippen molar-refractivity contribution in [3.63, 3.8) is 0 Å². The number of unbranched alkanes of at least 4 members (excludes halogenated alkanes) is 1. The Morgan fingerprint density at radius 1 is 0.605 bits per heavy atom. The summed E-state index contributed by atoms with van der Waals surface area (Å²) in [5.41, 5.74) is 1.68. The number of ether oxygens (including phenoxy) is 15. The Kier molecular flexibility index (Phi) is 35.5. The number of aliphatic carboxylic acids is 1. The van der Waals surface area contributed by atoms with Crippen LogP contribution in [-0.2, 0) is 100 Å². The minimum absolute atomic E-state index is 0.0404. The predicted octanol–water partition coefficient (Wildman–Crippen LogP) is 0.690. The second-order valence-electron chi connectivity index (χ2n) is 17.8. The SMILES string of the molecule is COCCOCCOCCOCCOCCOCCOCCOCCOCCOCCOCCOc1ccc(C[C@@H](C(=O)NCCCCc2ccc(COC(=O)S)c(O[C@@H]3O[C@H](C(=O)O)[C@@H](O)[C@H](O)[C@H]3O)c2)N2C(=O)C=CC2=O)cc1. The van der Waals surface area contributed by atoms with Crippen molar-refractivity contribution in [2.24, 2.45) is 0 Å². The van der Waals surface area contributed by atoms with Gasteiger partial charge in [-0.2, -0.15) is 0 Å². The number of carboxylic acid groups (broad SMARTS) is 1. The molecular formula is C54H80N2O24S. The quantitative estimate of drug-likeness (QED) is 0.0230. The van der Waals surface area contributed by atoms with Crippen molar-refractivity contribution >= 4 is 41.6 Å². The number of hydrogen-bond acceptors (Lipinski definition) is 23. The summed E-state index contributed by atoms with van der Waals surface area (Å²) in [7, 11) is 1.63. The molecule has 456 valence electrons. The summed E-state index contributed by atoms with van der Waals surface area (Å²) in [5, 5.41) is 42.2. The van der Waals surface area contributed by atoms with Crippen molar-refractivity contribution < 1.29 is 115 Å². The summed E-state index contributed by atoms with van der Waals surface area (Å²) in [4.78, 5) is 63.0. The van der Waals surface area contributed by atoms with Gasteiger partial charge in [-0.3, -0.25) is 19.3 Å². The zero-order chi connectivity index (χ0) is 58.3. The molecule has 1 saturated heterocycles. The third kappa shape index (κ3) is 28.3. The van der Waals surface area contributed by atoms with Gasteiger partial charge in [0.1, 0.15) is 49.1 Å². The highest BCUT2D eigenvalue weighted by atomic mass is 32.1. The van der Waals surface area contributed by atoms with Gasteiger partial charge in [0, 0.05) is 37.8 Å². The highest BCUT2D eigenvalue weighted by Gasteiger charge is 2.48. The average molecular weight is 1170 g/mol. The number of rotatable bonds is 48. The van der Waals surface area contributed by atoms with Crippen molar-refractivity contribution in [1.29, 1.82) is 0 Å². The normalized spacial score (nSPS) is 18.3. The van der Waals surface area contributed by atoms with Crippen LogP contribution in [0.25, 0.3) is 0 Å². The standard InChI is InChI=1S/C54H80N2O24S/c1-66-14-15-67-16-17-68-18-19-69-20-21-70-22-23-71-24-25-72-26-27-73-28-29-74-30-31-75-32-33-76-34-35-77-42-9-6-40(7-10-42)36-43(56-45(57)11-12-46(56)58)51(62)55-13-3-2-4-39-5-8-41(38-78-54(65)81)44(37-39)79-53-49(61)47(59)48(60)50(80-53)52(63)64/h5-12,37,43,47-50,53,59-61H,2-4,13-36,38H2,1H3,(H,55,62)(H,63,64)(H,65,81)/t43-,47-,48-,49+,50-,53+/m0/s1. The Hall–Kier alpha value is -4.92. The largest absolute Gasteiger partial charge is 0.491 e. The molecule has 0 bridgehead atoms. The molecule has 2 aromatic carbocycles. The predicted molar refractivity (Wildman–Crippen MR) is 287 cm³/mol. The van der Waals surface area contributed by atoms with Gasteiger partial charge in [-0.15, -0.1) is 0 Å². The molecule has 26 nitrogen and oxygen atoms in total. The van der Waals surface area contributed by atoms with Crippen molar-refractivity contribution in [1.82, 2.24) is 10.2 Å². The molecule has 0 aromatic heterocycles. The van der Waals surface area contributed by atoms with Crippen LogP contribution in [0.5, 0.6) is 11.5 Å². The summed E-state index contributed by atoms with van der Waals surface area (Å²) in [6, 6.07) is 10.7. The third-order valence-electron chi connectivity index (χ3n) is 11.8. The number of aliphatic hydroxyl groups is 3. The van der Waals surface area contributed by atoms with E-state index in [0.717, 1.165) is 17.1 Å². The lowest BCUT2D eigenvalue weighted by atomic mass is 9.99. The Bertz CT molecular complexity index is 2110. The maximum Gasteiger partial charge on any atom is 0.364 e. The molecule has 3 amide bonds. The summed E-state index contributed by atoms with van der Waals surface area (Å²) in [6.45, 7) is 9.81. The van der Waals surface area contributed by atoms with Crippen LogP contribution in [0.4, 0.5) is 4.79 Å². The number of thiol groups is 1. The van der Waals surface area contributed by atoms with E-state index >= 15 is 0 Å². The molecule has 2 heterocycles. The summed E-state index contributed by atoms with van der Waals surface area (Å²) in [6.07, 6.45) is -5.55. The topological polar surface area (TPSA) is 320 Å². The molecule has 2 aromatic rings. The summed E-state index contributed by atoms with van der Waals surface area (Å²) >= 11 is 3.61. The van der Waals surface area contributed by atoms with E-state index in [1.54, 1.807) is 49.6 Å². The van der Waals surface area contributed by atoms with Crippen molar-refractivity contribution in [3.05, 3.63) is 71.3 Å². The van der Waals surface area contributed by atoms with Crippen LogP contribution in [0.15, 0.2) is 54.6 Å². The third-order valence-corrected chi connectivity index (χ3v) is 11.9. The number of amides is 3.